The molecule has 14 heavy (non-hydrogen) atoms. The van der Waals surface area contributed by atoms with E-state index in [2.05, 4.69) is 19.9 Å². The van der Waals surface area contributed by atoms with Crippen LogP contribution >= 0.6 is 0 Å². The SMILES string of the molecule is COCC(C)C1CC=C(C)C(OC)C1. The second-order valence-corrected chi connectivity index (χ2v) is 4.34. The molecule has 3 unspecified atom stereocenters. The molecule has 82 valence electrons. The Morgan fingerprint density at radius 2 is 2.21 bits per heavy atom. The van der Waals surface area contributed by atoms with E-state index in [0.29, 0.717) is 17.9 Å². The molecule has 0 spiro atoms. The molecule has 1 aliphatic carbocycles. The quantitative estimate of drug-likeness (QED) is 0.646. The van der Waals surface area contributed by atoms with E-state index in [1.54, 1.807) is 14.2 Å². The summed E-state index contributed by atoms with van der Waals surface area (Å²) >= 11 is 0. The standard InChI is InChI=1S/C12H22O2/c1-9-5-6-11(7-12(9)14-4)10(2)8-13-3/h5,10-12H,6-8H2,1-4H3. The average Bonchev–Trinajstić information content (AvgIpc) is 2.19. The van der Waals surface area contributed by atoms with Crippen molar-refractivity contribution in [2.45, 2.75) is 32.8 Å². The predicted molar refractivity (Wildman–Crippen MR) is 58.3 cm³/mol. The molecule has 2 nitrogen and oxygen atoms in total. The molecule has 0 N–H and O–H groups in total. The van der Waals surface area contributed by atoms with Crippen molar-refractivity contribution in [3.05, 3.63) is 11.6 Å². The second kappa shape index (κ2) is 5.52. The van der Waals surface area contributed by atoms with Crippen LogP contribution in [-0.4, -0.2) is 26.9 Å². The minimum Gasteiger partial charge on any atom is -0.384 e. The molecular formula is C12H22O2. The molecule has 2 heteroatoms. The van der Waals surface area contributed by atoms with Gasteiger partial charge < -0.3 is 9.47 Å². The Labute approximate surface area is 87.3 Å². The van der Waals surface area contributed by atoms with Crippen LogP contribution in [0.4, 0.5) is 0 Å². The molecule has 0 saturated carbocycles. The van der Waals surface area contributed by atoms with Crippen molar-refractivity contribution in [2.24, 2.45) is 11.8 Å². The smallest absolute Gasteiger partial charge is 0.0781 e. The van der Waals surface area contributed by atoms with Crippen molar-refractivity contribution in [1.29, 1.82) is 0 Å². The fraction of sp³-hybridized carbons (Fsp3) is 0.833. The zero-order valence-electron chi connectivity index (χ0n) is 9.75. The molecule has 3 atom stereocenters. The van der Waals surface area contributed by atoms with E-state index in [-0.39, 0.29) is 0 Å². The predicted octanol–water partition coefficient (Wildman–Crippen LogP) is 2.64. The van der Waals surface area contributed by atoms with Crippen molar-refractivity contribution in [1.82, 2.24) is 0 Å². The minimum absolute atomic E-state index is 0.327. The molecule has 0 fully saturated rings. The maximum atomic E-state index is 5.45. The topological polar surface area (TPSA) is 18.5 Å². The summed E-state index contributed by atoms with van der Waals surface area (Å²) in [6.45, 7) is 5.27. The molecule has 0 aromatic heterocycles. The molecule has 0 amide bonds. The monoisotopic (exact) mass is 198 g/mol. The van der Waals surface area contributed by atoms with Gasteiger partial charge in [0, 0.05) is 20.8 Å². The summed E-state index contributed by atoms with van der Waals surface area (Å²) in [6.07, 6.45) is 4.96. The lowest BCUT2D eigenvalue weighted by Gasteiger charge is -2.31. The molecule has 0 radical (unpaired) electrons. The first-order chi connectivity index (χ1) is 6.69. The number of hydrogen-bond acceptors (Lipinski definition) is 2. The largest absolute Gasteiger partial charge is 0.384 e. The molecule has 0 aromatic carbocycles. The zero-order valence-corrected chi connectivity index (χ0v) is 9.75. The normalized spacial score (nSPS) is 29.9. The zero-order chi connectivity index (χ0) is 10.6. The molecule has 0 aromatic rings. The minimum atomic E-state index is 0.327. The second-order valence-electron chi connectivity index (χ2n) is 4.34. The lowest BCUT2D eigenvalue weighted by atomic mass is 9.80. The van der Waals surface area contributed by atoms with Gasteiger partial charge in [-0.05, 0) is 37.2 Å². The maximum absolute atomic E-state index is 5.45. The highest BCUT2D eigenvalue weighted by atomic mass is 16.5. The lowest BCUT2D eigenvalue weighted by molar-refractivity contribution is 0.0683. The third-order valence-corrected chi connectivity index (χ3v) is 3.29. The highest BCUT2D eigenvalue weighted by molar-refractivity contribution is 5.10. The Balaban J connectivity index is 2.51. The van der Waals surface area contributed by atoms with Gasteiger partial charge >= 0.3 is 0 Å². The summed E-state index contributed by atoms with van der Waals surface area (Å²) in [5.74, 6) is 1.34. The Hall–Kier alpha value is -0.340. The van der Waals surface area contributed by atoms with Crippen LogP contribution < -0.4 is 0 Å². The van der Waals surface area contributed by atoms with Crippen LogP contribution in [-0.2, 0) is 9.47 Å². The summed E-state index contributed by atoms with van der Waals surface area (Å²) in [4.78, 5) is 0. The van der Waals surface area contributed by atoms with Gasteiger partial charge in [-0.15, -0.1) is 0 Å². The van der Waals surface area contributed by atoms with E-state index in [9.17, 15) is 0 Å². The number of hydrogen-bond donors (Lipinski definition) is 0. The van der Waals surface area contributed by atoms with Crippen molar-refractivity contribution >= 4 is 0 Å². The summed E-state index contributed by atoms with van der Waals surface area (Å²) < 4.78 is 10.6. The van der Waals surface area contributed by atoms with Crippen molar-refractivity contribution in [2.75, 3.05) is 20.8 Å². The molecule has 1 aliphatic rings. The number of allylic oxidation sites excluding steroid dienone is 1. The van der Waals surface area contributed by atoms with Crippen LogP contribution in [0.5, 0.6) is 0 Å². The van der Waals surface area contributed by atoms with Gasteiger partial charge in [0.25, 0.3) is 0 Å². The van der Waals surface area contributed by atoms with E-state index in [1.807, 2.05) is 0 Å². The fourth-order valence-electron chi connectivity index (χ4n) is 2.17. The Kier molecular flexibility index (Phi) is 4.63. The van der Waals surface area contributed by atoms with Crippen molar-refractivity contribution in [3.63, 3.8) is 0 Å². The summed E-state index contributed by atoms with van der Waals surface area (Å²) in [6, 6.07) is 0. The number of rotatable bonds is 4. The molecule has 0 bridgehead atoms. The Bertz CT molecular complexity index is 198. The van der Waals surface area contributed by atoms with Gasteiger partial charge in [0.05, 0.1) is 6.10 Å². The first-order valence-corrected chi connectivity index (χ1v) is 5.37. The van der Waals surface area contributed by atoms with Gasteiger partial charge in [-0.1, -0.05) is 13.0 Å². The van der Waals surface area contributed by atoms with Crippen LogP contribution in [0.3, 0.4) is 0 Å². The highest BCUT2D eigenvalue weighted by Crippen LogP contribution is 2.30. The van der Waals surface area contributed by atoms with Gasteiger partial charge in [-0.3, -0.25) is 0 Å². The van der Waals surface area contributed by atoms with Gasteiger partial charge in [0.15, 0.2) is 0 Å². The van der Waals surface area contributed by atoms with Crippen LogP contribution in [0.2, 0.25) is 0 Å². The molecule has 1 rings (SSSR count). The van der Waals surface area contributed by atoms with Gasteiger partial charge in [0.1, 0.15) is 0 Å². The van der Waals surface area contributed by atoms with Crippen LogP contribution in [0, 0.1) is 11.8 Å². The first-order valence-electron chi connectivity index (χ1n) is 5.37. The molecule has 0 heterocycles. The van der Waals surface area contributed by atoms with E-state index in [1.165, 1.54) is 12.0 Å². The van der Waals surface area contributed by atoms with Crippen LogP contribution in [0.15, 0.2) is 11.6 Å². The van der Waals surface area contributed by atoms with E-state index < -0.39 is 0 Å². The molecule has 0 saturated heterocycles. The number of ether oxygens (including phenoxy) is 2. The first kappa shape index (κ1) is 11.7. The van der Waals surface area contributed by atoms with Gasteiger partial charge in [-0.2, -0.15) is 0 Å². The fourth-order valence-corrected chi connectivity index (χ4v) is 2.17. The van der Waals surface area contributed by atoms with Crippen molar-refractivity contribution in [3.8, 4) is 0 Å². The Morgan fingerprint density at radius 3 is 2.79 bits per heavy atom. The maximum Gasteiger partial charge on any atom is 0.0781 e. The van der Waals surface area contributed by atoms with E-state index in [0.717, 1.165) is 13.0 Å². The Morgan fingerprint density at radius 1 is 1.50 bits per heavy atom. The van der Waals surface area contributed by atoms with Crippen LogP contribution in [0.1, 0.15) is 26.7 Å². The molecular weight excluding hydrogens is 176 g/mol. The van der Waals surface area contributed by atoms with E-state index in [4.69, 9.17) is 9.47 Å². The van der Waals surface area contributed by atoms with Crippen molar-refractivity contribution < 1.29 is 9.47 Å². The van der Waals surface area contributed by atoms with Crippen LogP contribution in [0.25, 0.3) is 0 Å². The summed E-state index contributed by atoms with van der Waals surface area (Å²) in [5, 5.41) is 0. The highest BCUT2D eigenvalue weighted by Gasteiger charge is 2.25. The summed E-state index contributed by atoms with van der Waals surface area (Å²) in [5.41, 5.74) is 1.38. The van der Waals surface area contributed by atoms with Gasteiger partial charge in [-0.25, -0.2) is 0 Å². The summed E-state index contributed by atoms with van der Waals surface area (Å²) in [7, 11) is 3.57. The van der Waals surface area contributed by atoms with E-state index >= 15 is 0 Å². The third kappa shape index (κ3) is 2.82. The third-order valence-electron chi connectivity index (χ3n) is 3.29. The van der Waals surface area contributed by atoms with Gasteiger partial charge in [0.2, 0.25) is 0 Å². The lowest BCUT2D eigenvalue weighted by Crippen LogP contribution is -2.27. The average molecular weight is 198 g/mol. The molecule has 0 aliphatic heterocycles. The number of methoxy groups -OCH3 is 2.